The number of hydrogen-bond acceptors (Lipinski definition) is 1. The quantitative estimate of drug-likeness (QED) is 0.800. The third-order valence-corrected chi connectivity index (χ3v) is 3.90. The topological polar surface area (TPSA) is 19.0 Å². The second-order valence-corrected chi connectivity index (χ2v) is 5.05. The summed E-state index contributed by atoms with van der Waals surface area (Å²) in [5, 5.41) is 0. The van der Waals surface area contributed by atoms with Crippen LogP contribution in [-0.4, -0.2) is 16.9 Å². The molecule has 0 spiro atoms. The third kappa shape index (κ3) is 1.17. The Morgan fingerprint density at radius 1 is 1.38 bits per heavy atom. The van der Waals surface area contributed by atoms with Gasteiger partial charge in [-0.1, -0.05) is 0 Å². The molecule has 1 aliphatic carbocycles. The van der Waals surface area contributed by atoms with Gasteiger partial charge in [-0.25, -0.2) is 0 Å². The Kier molecular flexibility index (Phi) is 1.62. The summed E-state index contributed by atoms with van der Waals surface area (Å²) < 4.78 is 1.36. The summed E-state index contributed by atoms with van der Waals surface area (Å²) in [5.41, 5.74) is 4.37. The molecule has 1 N–H and O–H groups in total. The van der Waals surface area contributed by atoms with Crippen LogP contribution < -0.4 is 0 Å². The highest BCUT2D eigenvalue weighted by molar-refractivity contribution is 9.10. The van der Waals surface area contributed by atoms with Crippen molar-refractivity contribution in [3.63, 3.8) is 0 Å². The van der Waals surface area contributed by atoms with Gasteiger partial charge in [-0.05, 0) is 35.8 Å². The van der Waals surface area contributed by atoms with Crippen molar-refractivity contribution in [2.45, 2.75) is 31.8 Å². The van der Waals surface area contributed by atoms with Crippen LogP contribution >= 0.6 is 15.9 Å². The molecule has 0 bridgehead atoms. The van der Waals surface area contributed by atoms with Crippen molar-refractivity contribution < 1.29 is 0 Å². The van der Waals surface area contributed by atoms with E-state index in [9.17, 15) is 0 Å². The van der Waals surface area contributed by atoms with Crippen LogP contribution in [0.3, 0.4) is 0 Å². The minimum atomic E-state index is 0.824. The van der Waals surface area contributed by atoms with E-state index in [0.29, 0.717) is 0 Å². The highest BCUT2D eigenvalue weighted by Crippen LogP contribution is 2.45. The van der Waals surface area contributed by atoms with Crippen LogP contribution in [0.5, 0.6) is 0 Å². The van der Waals surface area contributed by atoms with Crippen molar-refractivity contribution in [1.29, 1.82) is 0 Å². The molecule has 1 aliphatic heterocycles. The van der Waals surface area contributed by atoms with Crippen LogP contribution in [-0.2, 0) is 13.1 Å². The molecule has 2 heterocycles. The summed E-state index contributed by atoms with van der Waals surface area (Å²) in [6.07, 6.45) is 2.74. The van der Waals surface area contributed by atoms with Crippen molar-refractivity contribution in [1.82, 2.24) is 9.88 Å². The fraction of sp³-hybridized carbons (Fsp3) is 0.600. The number of hydrogen-bond donors (Lipinski definition) is 1. The average Bonchev–Trinajstić information content (AvgIpc) is 2.79. The number of H-pyrrole nitrogens is 1. The zero-order valence-electron chi connectivity index (χ0n) is 7.73. The van der Waals surface area contributed by atoms with Crippen LogP contribution in [0.25, 0.3) is 0 Å². The fourth-order valence-corrected chi connectivity index (χ4v) is 2.92. The van der Waals surface area contributed by atoms with Gasteiger partial charge in [-0.2, -0.15) is 0 Å². The lowest BCUT2D eigenvalue weighted by molar-refractivity contribution is 0.349. The normalized spacial score (nSPS) is 22.3. The van der Waals surface area contributed by atoms with E-state index in [-0.39, 0.29) is 0 Å². The summed E-state index contributed by atoms with van der Waals surface area (Å²) in [6.45, 7) is 2.18. The number of nitrogens with zero attached hydrogens (tertiary/aromatic N) is 1. The van der Waals surface area contributed by atoms with E-state index in [0.717, 1.165) is 19.0 Å². The van der Waals surface area contributed by atoms with Crippen molar-refractivity contribution >= 4 is 15.9 Å². The molecule has 2 aliphatic rings. The molecule has 0 aromatic carbocycles. The van der Waals surface area contributed by atoms with Crippen molar-refractivity contribution in [3.8, 4) is 0 Å². The van der Waals surface area contributed by atoms with E-state index in [1.165, 1.54) is 34.3 Å². The van der Waals surface area contributed by atoms with Gasteiger partial charge in [0.15, 0.2) is 0 Å². The van der Waals surface area contributed by atoms with Crippen LogP contribution in [0, 0.1) is 0 Å². The highest BCUT2D eigenvalue weighted by Gasteiger charge is 2.31. The molecule has 0 saturated heterocycles. The first kappa shape index (κ1) is 8.06. The highest BCUT2D eigenvalue weighted by atomic mass is 79.9. The number of nitrogens with one attached hydrogen (secondary N) is 1. The summed E-state index contributed by atoms with van der Waals surface area (Å²) in [7, 11) is 2.16. The average molecular weight is 241 g/mol. The van der Waals surface area contributed by atoms with Crippen LogP contribution in [0.1, 0.15) is 35.7 Å². The maximum Gasteiger partial charge on any atom is 0.0433 e. The van der Waals surface area contributed by atoms with Gasteiger partial charge in [0.25, 0.3) is 0 Å². The second-order valence-electron chi connectivity index (χ2n) is 4.26. The van der Waals surface area contributed by atoms with Gasteiger partial charge < -0.3 is 4.98 Å². The van der Waals surface area contributed by atoms with Crippen molar-refractivity contribution in [3.05, 3.63) is 21.4 Å². The van der Waals surface area contributed by atoms with Gasteiger partial charge in [0.2, 0.25) is 0 Å². The maximum atomic E-state index is 3.71. The lowest BCUT2D eigenvalue weighted by Crippen LogP contribution is -2.09. The molecule has 0 atom stereocenters. The van der Waals surface area contributed by atoms with Crippen LogP contribution in [0.15, 0.2) is 4.47 Å². The minimum Gasteiger partial charge on any atom is -0.360 e. The number of aromatic nitrogens is 1. The van der Waals surface area contributed by atoms with E-state index in [4.69, 9.17) is 0 Å². The number of aromatic amines is 1. The number of rotatable bonds is 1. The Labute approximate surface area is 86.4 Å². The zero-order valence-corrected chi connectivity index (χ0v) is 9.32. The number of fused-ring (bicyclic) bond motifs is 1. The molecule has 1 aromatic heterocycles. The molecule has 0 unspecified atom stereocenters. The van der Waals surface area contributed by atoms with Crippen LogP contribution in [0.4, 0.5) is 0 Å². The van der Waals surface area contributed by atoms with E-state index in [1.807, 2.05) is 0 Å². The molecular weight excluding hydrogens is 228 g/mol. The Morgan fingerprint density at radius 2 is 2.15 bits per heavy atom. The molecule has 70 valence electrons. The van der Waals surface area contributed by atoms with Gasteiger partial charge >= 0.3 is 0 Å². The predicted molar refractivity (Wildman–Crippen MR) is 55.6 cm³/mol. The first-order valence-corrected chi connectivity index (χ1v) is 5.62. The van der Waals surface area contributed by atoms with Crippen molar-refractivity contribution in [2.75, 3.05) is 7.05 Å². The molecule has 0 radical (unpaired) electrons. The molecular formula is C10H13BrN2. The summed E-state index contributed by atoms with van der Waals surface area (Å²) >= 11 is 3.71. The smallest absolute Gasteiger partial charge is 0.0433 e. The summed E-state index contributed by atoms with van der Waals surface area (Å²) in [5.74, 6) is 0.824. The second kappa shape index (κ2) is 2.61. The first-order chi connectivity index (χ1) is 6.25. The van der Waals surface area contributed by atoms with Gasteiger partial charge in [0.05, 0.1) is 0 Å². The van der Waals surface area contributed by atoms with E-state index in [1.54, 1.807) is 0 Å². The summed E-state index contributed by atoms with van der Waals surface area (Å²) in [6, 6.07) is 0. The first-order valence-electron chi connectivity index (χ1n) is 4.83. The molecule has 2 nitrogen and oxygen atoms in total. The fourth-order valence-electron chi connectivity index (χ4n) is 2.14. The molecule has 0 amide bonds. The molecule has 13 heavy (non-hydrogen) atoms. The third-order valence-electron chi connectivity index (χ3n) is 2.99. The molecule has 1 fully saturated rings. The Morgan fingerprint density at radius 3 is 2.77 bits per heavy atom. The largest absolute Gasteiger partial charge is 0.360 e. The Bertz CT molecular complexity index is 352. The van der Waals surface area contributed by atoms with E-state index in [2.05, 4.69) is 32.9 Å². The monoisotopic (exact) mass is 240 g/mol. The molecule has 3 rings (SSSR count). The summed E-state index contributed by atoms with van der Waals surface area (Å²) in [4.78, 5) is 5.90. The van der Waals surface area contributed by atoms with Gasteiger partial charge in [-0.3, -0.25) is 4.90 Å². The molecule has 1 aromatic rings. The molecule has 3 heteroatoms. The minimum absolute atomic E-state index is 0.824. The van der Waals surface area contributed by atoms with Gasteiger partial charge in [0, 0.05) is 40.4 Å². The standard InChI is InChI=1S/C10H13BrN2/c1-13-4-7-8(5-13)12-10(9(7)11)6-2-3-6/h6,12H,2-5H2,1H3. The van der Waals surface area contributed by atoms with Gasteiger partial charge in [0.1, 0.15) is 0 Å². The van der Waals surface area contributed by atoms with Crippen LogP contribution in [0.2, 0.25) is 0 Å². The SMILES string of the molecule is CN1Cc2[nH]c(C3CC3)c(Br)c2C1. The zero-order chi connectivity index (χ0) is 9.00. The van der Waals surface area contributed by atoms with Crippen molar-refractivity contribution in [2.24, 2.45) is 0 Å². The lowest BCUT2D eigenvalue weighted by Gasteiger charge is -2.06. The van der Waals surface area contributed by atoms with E-state index < -0.39 is 0 Å². The number of halogens is 1. The predicted octanol–water partition coefficient (Wildman–Crippen LogP) is 2.60. The lowest BCUT2D eigenvalue weighted by atomic mass is 10.2. The van der Waals surface area contributed by atoms with Gasteiger partial charge in [-0.15, -0.1) is 0 Å². The molecule has 1 saturated carbocycles. The Balaban J connectivity index is 2.04. The van der Waals surface area contributed by atoms with E-state index >= 15 is 0 Å². The Hall–Kier alpha value is -0.280. The maximum absolute atomic E-state index is 3.71.